The van der Waals surface area contributed by atoms with Gasteiger partial charge in [0.05, 0.1) is 0 Å². The van der Waals surface area contributed by atoms with E-state index in [0.717, 1.165) is 6.92 Å². The molecule has 0 heterocycles. The van der Waals surface area contributed by atoms with Gasteiger partial charge >= 0.3 is 47.6 Å². The number of alkyl halides is 17. The van der Waals surface area contributed by atoms with Gasteiger partial charge in [-0.3, -0.25) is 0 Å². The van der Waals surface area contributed by atoms with E-state index in [2.05, 4.69) is 0 Å². The van der Waals surface area contributed by atoms with Gasteiger partial charge < -0.3 is 0 Å². The van der Waals surface area contributed by atoms with Crippen molar-refractivity contribution < 1.29 is 74.6 Å². The van der Waals surface area contributed by atoms with Crippen LogP contribution in [0.4, 0.5) is 74.6 Å². The molecule has 0 aliphatic rings. The van der Waals surface area contributed by atoms with Gasteiger partial charge in [-0.05, 0) is 5.92 Å². The second-order valence-corrected chi connectivity index (χ2v) is 7.98. The Kier molecular flexibility index (Phi) is 9.94. The molecule has 0 amide bonds. The summed E-state index contributed by atoms with van der Waals surface area (Å²) in [7, 11) is 0. The Bertz CT molecular complexity index is 677. The molecule has 0 bridgehead atoms. The van der Waals surface area contributed by atoms with E-state index >= 15 is 0 Å². The Morgan fingerprint density at radius 1 is 0.457 bits per heavy atom. The first-order chi connectivity index (χ1) is 15.2. The van der Waals surface area contributed by atoms with Gasteiger partial charge in [-0.15, -0.1) is 0 Å². The average molecular weight is 560 g/mol. The summed E-state index contributed by atoms with van der Waals surface area (Å²) in [5.41, 5.74) is 0. The predicted octanol–water partition coefficient (Wildman–Crippen LogP) is 9.38. The predicted molar refractivity (Wildman–Crippen MR) is 87.8 cm³/mol. The van der Waals surface area contributed by atoms with Crippen molar-refractivity contribution in [3.63, 3.8) is 0 Å². The number of hydrogen-bond acceptors (Lipinski definition) is 0. The first-order valence-electron chi connectivity index (χ1n) is 9.96. The monoisotopic (exact) mass is 560 g/mol. The molecule has 17 heteroatoms. The summed E-state index contributed by atoms with van der Waals surface area (Å²) in [6.45, 7) is 2.82. The Morgan fingerprint density at radius 3 is 1.17 bits per heavy atom. The molecule has 1 atom stereocenters. The Balaban J connectivity index is 6.34. The average Bonchev–Trinajstić information content (AvgIpc) is 2.68. The van der Waals surface area contributed by atoms with Crippen LogP contribution in [0.25, 0.3) is 0 Å². The molecule has 0 aromatic carbocycles. The fourth-order valence-corrected chi connectivity index (χ4v) is 3.00. The lowest BCUT2D eigenvalue weighted by molar-refractivity contribution is -0.462. The van der Waals surface area contributed by atoms with Crippen LogP contribution < -0.4 is 0 Å². The fourth-order valence-electron chi connectivity index (χ4n) is 3.00. The Hall–Kier alpha value is -1.19. The van der Waals surface area contributed by atoms with E-state index in [4.69, 9.17) is 0 Å². The van der Waals surface area contributed by atoms with E-state index in [1.54, 1.807) is 6.92 Å². The van der Waals surface area contributed by atoms with Crippen molar-refractivity contribution in [1.29, 1.82) is 0 Å². The highest BCUT2D eigenvalue weighted by molar-refractivity contribution is 5.15. The Labute approximate surface area is 188 Å². The van der Waals surface area contributed by atoms with Gasteiger partial charge in [0, 0.05) is 6.42 Å². The molecule has 0 N–H and O–H groups in total. The lowest BCUT2D eigenvalue weighted by Gasteiger charge is -2.43. The van der Waals surface area contributed by atoms with Gasteiger partial charge in [0.1, 0.15) is 0 Å². The van der Waals surface area contributed by atoms with Gasteiger partial charge in [-0.25, -0.2) is 0 Å². The van der Waals surface area contributed by atoms with E-state index in [9.17, 15) is 74.6 Å². The molecule has 0 aromatic heterocycles. The zero-order chi connectivity index (χ0) is 28.5. The zero-order valence-corrected chi connectivity index (χ0v) is 18.0. The van der Waals surface area contributed by atoms with Crippen LogP contribution in [-0.2, 0) is 0 Å². The normalized spacial score (nSPS) is 16.5. The van der Waals surface area contributed by atoms with Crippen LogP contribution in [-0.4, -0.2) is 47.6 Å². The van der Waals surface area contributed by atoms with Gasteiger partial charge in [0.2, 0.25) is 0 Å². The molecular weight excluding hydrogens is 539 g/mol. The third-order valence-corrected chi connectivity index (χ3v) is 5.38. The molecule has 0 spiro atoms. The van der Waals surface area contributed by atoms with E-state index in [0.29, 0.717) is 19.3 Å². The van der Waals surface area contributed by atoms with E-state index in [1.165, 1.54) is 0 Å². The second kappa shape index (κ2) is 10.3. The van der Waals surface area contributed by atoms with Crippen LogP contribution in [0, 0.1) is 5.92 Å². The van der Waals surface area contributed by atoms with Crippen LogP contribution in [0.2, 0.25) is 0 Å². The first-order valence-corrected chi connectivity index (χ1v) is 9.96. The standard InChI is InChI=1S/C18H21F17/c1-3-5-6-7-8-10(4-2)9-11(19,20)12(21,22)13(23,24)14(25,26)15(27,28)16(29,30)17(31,32)18(33,34)35/h10H,3-9H2,1-2H3. The lowest BCUT2D eigenvalue weighted by atomic mass is 9.84. The minimum atomic E-state index is -8.58. The van der Waals surface area contributed by atoms with Crippen LogP contribution >= 0.6 is 0 Å². The maximum absolute atomic E-state index is 14.0. The van der Waals surface area contributed by atoms with Crippen LogP contribution in [0.5, 0.6) is 0 Å². The molecule has 0 saturated carbocycles. The smallest absolute Gasteiger partial charge is 0.200 e. The molecule has 0 radical (unpaired) electrons. The molecule has 0 aliphatic heterocycles. The van der Waals surface area contributed by atoms with Crippen molar-refractivity contribution in [3.05, 3.63) is 0 Å². The van der Waals surface area contributed by atoms with Gasteiger partial charge in [-0.1, -0.05) is 52.4 Å². The van der Waals surface area contributed by atoms with Crippen LogP contribution in [0.3, 0.4) is 0 Å². The molecule has 0 aliphatic carbocycles. The molecular formula is C18H21F17. The maximum atomic E-state index is 14.0. The zero-order valence-electron chi connectivity index (χ0n) is 18.0. The van der Waals surface area contributed by atoms with Crippen LogP contribution in [0.15, 0.2) is 0 Å². The van der Waals surface area contributed by atoms with Gasteiger partial charge in [0.25, 0.3) is 0 Å². The SMILES string of the molecule is CCCCCCC(CC)CC(F)(F)C(F)(F)C(F)(F)C(F)(F)C(F)(F)C(F)(F)C(F)(F)C(F)(F)F. The van der Waals surface area contributed by atoms with Crippen molar-refractivity contribution in [2.24, 2.45) is 5.92 Å². The van der Waals surface area contributed by atoms with Crippen molar-refractivity contribution in [1.82, 2.24) is 0 Å². The number of hydrogen-bond donors (Lipinski definition) is 0. The minimum Gasteiger partial charge on any atom is -0.200 e. The second-order valence-electron chi connectivity index (χ2n) is 7.98. The summed E-state index contributed by atoms with van der Waals surface area (Å²) in [6.07, 6.45) is -9.23. The fraction of sp³-hybridized carbons (Fsp3) is 1.00. The molecule has 0 aromatic rings. The highest BCUT2D eigenvalue weighted by atomic mass is 19.4. The van der Waals surface area contributed by atoms with Crippen molar-refractivity contribution in [2.75, 3.05) is 0 Å². The third kappa shape index (κ3) is 5.57. The Morgan fingerprint density at radius 2 is 0.829 bits per heavy atom. The quantitative estimate of drug-likeness (QED) is 0.147. The molecule has 1 unspecified atom stereocenters. The van der Waals surface area contributed by atoms with E-state index < -0.39 is 66.4 Å². The summed E-state index contributed by atoms with van der Waals surface area (Å²) in [5, 5.41) is 0. The molecule has 35 heavy (non-hydrogen) atoms. The summed E-state index contributed by atoms with van der Waals surface area (Å²) < 4.78 is 226. The van der Waals surface area contributed by atoms with Gasteiger partial charge in [-0.2, -0.15) is 74.6 Å². The van der Waals surface area contributed by atoms with Crippen LogP contribution in [0.1, 0.15) is 58.8 Å². The molecule has 0 fully saturated rings. The topological polar surface area (TPSA) is 0 Å². The lowest BCUT2D eigenvalue weighted by Crippen LogP contribution is -2.74. The van der Waals surface area contributed by atoms with Crippen molar-refractivity contribution in [2.45, 2.75) is 106 Å². The van der Waals surface area contributed by atoms with Gasteiger partial charge in [0.15, 0.2) is 0 Å². The largest absolute Gasteiger partial charge is 0.460 e. The van der Waals surface area contributed by atoms with Crippen molar-refractivity contribution >= 4 is 0 Å². The highest BCUT2D eigenvalue weighted by Gasteiger charge is 2.95. The van der Waals surface area contributed by atoms with E-state index in [1.807, 2.05) is 0 Å². The molecule has 212 valence electrons. The summed E-state index contributed by atoms with van der Waals surface area (Å²) in [5.74, 6) is -57.3. The first kappa shape index (κ1) is 33.8. The summed E-state index contributed by atoms with van der Waals surface area (Å²) >= 11 is 0. The third-order valence-electron chi connectivity index (χ3n) is 5.38. The number of halogens is 17. The summed E-state index contributed by atoms with van der Waals surface area (Å²) in [6, 6.07) is 0. The van der Waals surface area contributed by atoms with Crippen molar-refractivity contribution in [3.8, 4) is 0 Å². The molecule has 0 nitrogen and oxygen atoms in total. The van der Waals surface area contributed by atoms with E-state index in [-0.39, 0.29) is 12.8 Å². The molecule has 0 saturated heterocycles. The maximum Gasteiger partial charge on any atom is 0.460 e. The number of rotatable bonds is 14. The molecule has 0 rings (SSSR count). The minimum absolute atomic E-state index is 0.0807. The number of unbranched alkanes of at least 4 members (excludes halogenated alkanes) is 3. The highest BCUT2D eigenvalue weighted by Crippen LogP contribution is 2.64. The summed E-state index contributed by atoms with van der Waals surface area (Å²) in [4.78, 5) is 0.